The maximum atomic E-state index is 12.6. The molecule has 26 heavy (non-hydrogen) atoms. The number of ether oxygens (including phenoxy) is 2. The number of carbonyl (C=O) groups is 1. The second-order valence-corrected chi connectivity index (χ2v) is 6.33. The van der Waals surface area contributed by atoms with Gasteiger partial charge in [0.05, 0.1) is 0 Å². The number of ketones is 1. The van der Waals surface area contributed by atoms with E-state index < -0.39 is 0 Å². The fourth-order valence-corrected chi connectivity index (χ4v) is 3.13. The van der Waals surface area contributed by atoms with Crippen LogP contribution in [0.3, 0.4) is 0 Å². The summed E-state index contributed by atoms with van der Waals surface area (Å²) in [5.74, 6) is 1.45. The van der Waals surface area contributed by atoms with Crippen molar-refractivity contribution >= 4 is 5.78 Å². The molecular weight excluding hydrogens is 326 g/mol. The third-order valence-corrected chi connectivity index (χ3v) is 4.59. The van der Waals surface area contributed by atoms with Gasteiger partial charge in [0.2, 0.25) is 0 Å². The van der Waals surface area contributed by atoms with Gasteiger partial charge in [0.15, 0.2) is 17.3 Å². The zero-order valence-corrected chi connectivity index (χ0v) is 14.5. The van der Waals surface area contributed by atoms with Crippen LogP contribution in [0.1, 0.15) is 28.8 Å². The summed E-state index contributed by atoms with van der Waals surface area (Å²) in [7, 11) is 0. The van der Waals surface area contributed by atoms with Crippen molar-refractivity contribution in [2.75, 3.05) is 6.54 Å². The molecule has 0 aromatic heterocycles. The average Bonchev–Trinajstić information content (AvgIpc) is 3.18. The molecule has 130 valence electrons. The van der Waals surface area contributed by atoms with Crippen LogP contribution in [0.5, 0.6) is 11.5 Å². The lowest BCUT2D eigenvalue weighted by Gasteiger charge is -2.19. The minimum absolute atomic E-state index is 0.0555. The summed E-state index contributed by atoms with van der Waals surface area (Å²) in [6.45, 7) is 2.79. The van der Waals surface area contributed by atoms with E-state index in [0.29, 0.717) is 23.0 Å². The summed E-state index contributed by atoms with van der Waals surface area (Å²) in [6, 6.07) is 15.6. The first-order valence-corrected chi connectivity index (χ1v) is 8.55. The third kappa shape index (κ3) is 3.26. The first kappa shape index (κ1) is 16.2. The maximum Gasteiger partial charge on any atom is 0.187 e. The van der Waals surface area contributed by atoms with Crippen LogP contribution >= 0.6 is 0 Å². The molecule has 2 heterocycles. The highest BCUT2D eigenvalue weighted by atomic mass is 16.5. The summed E-state index contributed by atoms with van der Waals surface area (Å²) >= 11 is 0. The second kappa shape index (κ2) is 6.92. The Morgan fingerprint density at radius 1 is 1.08 bits per heavy atom. The predicted molar refractivity (Wildman–Crippen MR) is 100.0 cm³/mol. The zero-order valence-electron chi connectivity index (χ0n) is 14.5. The van der Waals surface area contributed by atoms with E-state index in [2.05, 4.69) is 35.2 Å². The van der Waals surface area contributed by atoms with E-state index in [0.717, 1.165) is 12.2 Å². The molecule has 0 saturated carbocycles. The van der Waals surface area contributed by atoms with Crippen molar-refractivity contribution in [3.8, 4) is 11.5 Å². The number of fused-ring (bicyclic) bond motifs is 1. The molecule has 0 radical (unpaired) electrons. The molecule has 0 fully saturated rings. The number of hydrogen-bond acceptors (Lipinski definition) is 4. The molecule has 0 amide bonds. The van der Waals surface area contributed by atoms with Crippen molar-refractivity contribution < 1.29 is 14.3 Å². The van der Waals surface area contributed by atoms with Crippen LogP contribution in [0, 0.1) is 0 Å². The van der Waals surface area contributed by atoms with Gasteiger partial charge < -0.3 is 14.4 Å². The van der Waals surface area contributed by atoms with Crippen LogP contribution in [-0.4, -0.2) is 17.2 Å². The largest absolute Gasteiger partial charge is 0.458 e. The first-order valence-electron chi connectivity index (χ1n) is 8.55. The molecule has 0 N–H and O–H groups in total. The van der Waals surface area contributed by atoms with Crippen molar-refractivity contribution in [2.45, 2.75) is 12.8 Å². The number of allylic oxidation sites excluding steroid dienone is 2. The Kier molecular flexibility index (Phi) is 4.32. The quantitative estimate of drug-likeness (QED) is 0.598. The maximum absolute atomic E-state index is 12.6. The Balaban J connectivity index is 1.47. The fourth-order valence-electron chi connectivity index (χ4n) is 3.13. The van der Waals surface area contributed by atoms with Gasteiger partial charge in [0.1, 0.15) is 12.5 Å². The summed E-state index contributed by atoms with van der Waals surface area (Å²) < 4.78 is 10.7. The molecule has 2 aliphatic rings. The van der Waals surface area contributed by atoms with Crippen LogP contribution in [-0.2, 0) is 0 Å². The van der Waals surface area contributed by atoms with E-state index in [4.69, 9.17) is 9.47 Å². The van der Waals surface area contributed by atoms with E-state index >= 15 is 0 Å². The van der Waals surface area contributed by atoms with Gasteiger partial charge in [0, 0.05) is 36.0 Å². The molecule has 2 aromatic carbocycles. The summed E-state index contributed by atoms with van der Waals surface area (Å²) in [6.07, 6.45) is 8.81. The summed E-state index contributed by atoms with van der Waals surface area (Å²) in [4.78, 5) is 14.7. The topological polar surface area (TPSA) is 38.8 Å². The van der Waals surface area contributed by atoms with Gasteiger partial charge >= 0.3 is 0 Å². The monoisotopic (exact) mass is 345 g/mol. The minimum Gasteiger partial charge on any atom is -0.458 e. The van der Waals surface area contributed by atoms with Crippen molar-refractivity contribution in [2.24, 2.45) is 0 Å². The number of benzene rings is 2. The molecule has 0 bridgehead atoms. The number of nitrogens with zero attached hydrogens (tertiary/aromatic N) is 1. The van der Waals surface area contributed by atoms with Crippen LogP contribution in [0.4, 0.5) is 0 Å². The SMILES string of the molecule is C/C(=C\C(=O)c1ccc2c(c1)OC=CO2)N1C=CC(c2ccccc2)C1. The molecule has 4 rings (SSSR count). The van der Waals surface area contributed by atoms with Crippen molar-refractivity contribution in [3.05, 3.63) is 96.2 Å². The van der Waals surface area contributed by atoms with Gasteiger partial charge in [-0.05, 0) is 30.7 Å². The Bertz CT molecular complexity index is 912. The Morgan fingerprint density at radius 3 is 2.65 bits per heavy atom. The van der Waals surface area contributed by atoms with Gasteiger partial charge in [-0.25, -0.2) is 0 Å². The van der Waals surface area contributed by atoms with Crippen molar-refractivity contribution in [1.29, 1.82) is 0 Å². The lowest BCUT2D eigenvalue weighted by atomic mass is 10.0. The molecule has 2 aromatic rings. The van der Waals surface area contributed by atoms with E-state index in [1.54, 1.807) is 24.3 Å². The standard InChI is InChI=1S/C22H19NO3/c1-16(23-10-9-19(15-23)17-5-3-2-4-6-17)13-20(24)18-7-8-21-22(14-18)26-12-11-25-21/h2-14,19H,15H2,1H3/b16-13+. The molecule has 0 spiro atoms. The third-order valence-electron chi connectivity index (χ3n) is 4.59. The highest BCUT2D eigenvalue weighted by Crippen LogP contribution is 2.32. The van der Waals surface area contributed by atoms with Crippen molar-refractivity contribution in [1.82, 2.24) is 4.90 Å². The fraction of sp³-hybridized carbons (Fsp3) is 0.136. The highest BCUT2D eigenvalue weighted by Gasteiger charge is 2.19. The summed E-state index contributed by atoms with van der Waals surface area (Å²) in [5, 5.41) is 0. The molecule has 4 nitrogen and oxygen atoms in total. The zero-order chi connectivity index (χ0) is 17.9. The highest BCUT2D eigenvalue weighted by molar-refractivity contribution is 6.05. The van der Waals surface area contributed by atoms with Crippen LogP contribution in [0.2, 0.25) is 0 Å². The van der Waals surface area contributed by atoms with E-state index in [-0.39, 0.29) is 5.78 Å². The average molecular weight is 345 g/mol. The van der Waals surface area contributed by atoms with Gasteiger partial charge in [-0.15, -0.1) is 0 Å². The predicted octanol–water partition coefficient (Wildman–Crippen LogP) is 4.63. The molecule has 0 saturated heterocycles. The second-order valence-electron chi connectivity index (χ2n) is 6.33. The Morgan fingerprint density at radius 2 is 1.85 bits per heavy atom. The minimum atomic E-state index is -0.0555. The normalized spacial score (nSPS) is 18.3. The van der Waals surface area contributed by atoms with E-state index in [1.807, 2.05) is 19.2 Å². The Hall–Kier alpha value is -3.27. The molecular formula is C22H19NO3. The molecule has 0 aliphatic carbocycles. The van der Waals surface area contributed by atoms with Crippen LogP contribution in [0.15, 0.2) is 85.1 Å². The van der Waals surface area contributed by atoms with Crippen LogP contribution < -0.4 is 9.47 Å². The molecule has 1 atom stereocenters. The van der Waals surface area contributed by atoms with E-state index in [1.165, 1.54) is 18.1 Å². The van der Waals surface area contributed by atoms with Gasteiger partial charge in [-0.1, -0.05) is 36.4 Å². The van der Waals surface area contributed by atoms with Gasteiger partial charge in [-0.2, -0.15) is 0 Å². The molecule has 1 unspecified atom stereocenters. The molecule has 2 aliphatic heterocycles. The smallest absolute Gasteiger partial charge is 0.187 e. The van der Waals surface area contributed by atoms with Crippen LogP contribution in [0.25, 0.3) is 0 Å². The van der Waals surface area contributed by atoms with Gasteiger partial charge in [-0.3, -0.25) is 4.79 Å². The first-order chi connectivity index (χ1) is 12.7. The molecule has 4 heteroatoms. The lowest BCUT2D eigenvalue weighted by molar-refractivity contribution is 0.104. The lowest BCUT2D eigenvalue weighted by Crippen LogP contribution is -2.16. The number of carbonyl (C=O) groups excluding carboxylic acids is 1. The number of rotatable bonds is 4. The Labute approximate surface area is 152 Å². The summed E-state index contributed by atoms with van der Waals surface area (Å²) in [5.41, 5.74) is 2.77. The number of hydrogen-bond donors (Lipinski definition) is 0. The van der Waals surface area contributed by atoms with E-state index in [9.17, 15) is 4.79 Å². The van der Waals surface area contributed by atoms with Crippen molar-refractivity contribution in [3.63, 3.8) is 0 Å². The van der Waals surface area contributed by atoms with Gasteiger partial charge in [0.25, 0.3) is 0 Å².